The van der Waals surface area contributed by atoms with E-state index >= 15 is 0 Å². The number of aliphatic hydroxyl groups is 2. The molecule has 0 fully saturated rings. The number of aliphatic hydroxyl groups excluding tert-OH is 2. The van der Waals surface area contributed by atoms with Gasteiger partial charge in [0.1, 0.15) is 0 Å². The lowest BCUT2D eigenvalue weighted by molar-refractivity contribution is -0.140. The lowest BCUT2D eigenvalue weighted by atomic mass is 9.65. The topological polar surface area (TPSA) is 177 Å². The van der Waals surface area contributed by atoms with Gasteiger partial charge in [-0.3, -0.25) is 29.4 Å². The number of rotatable bonds is 16. The molecule has 3 aromatic heterocycles. The zero-order valence-electron chi connectivity index (χ0n) is 21.5. The molecule has 0 aliphatic rings. The van der Waals surface area contributed by atoms with Crippen molar-refractivity contribution in [1.82, 2.24) is 19.9 Å². The molecular weight excluding hydrogens is 503 g/mol. The molecular formula is C27H33BN4O7. The van der Waals surface area contributed by atoms with Crippen LogP contribution in [-0.2, 0) is 24.4 Å². The predicted octanol–water partition coefficient (Wildman–Crippen LogP) is 1.32. The number of carboxylic acid groups (broad SMARTS) is 1. The van der Waals surface area contributed by atoms with Crippen LogP contribution in [0.5, 0.6) is 0 Å². The van der Waals surface area contributed by atoms with E-state index in [1.54, 1.807) is 24.5 Å². The van der Waals surface area contributed by atoms with Gasteiger partial charge in [0.2, 0.25) is 0 Å². The molecule has 0 bridgehead atoms. The summed E-state index contributed by atoms with van der Waals surface area (Å²) in [7, 11) is -1.89. The molecule has 0 amide bonds. The number of carboxylic acids is 1. The van der Waals surface area contributed by atoms with Crippen LogP contribution >= 0.6 is 0 Å². The first-order chi connectivity index (χ1) is 18.7. The fourth-order valence-corrected chi connectivity index (χ4v) is 4.28. The molecule has 11 nitrogen and oxygen atoms in total. The third-order valence-corrected chi connectivity index (χ3v) is 6.39. The van der Waals surface area contributed by atoms with Crippen LogP contribution in [0.15, 0.2) is 67.1 Å². The van der Waals surface area contributed by atoms with Crippen molar-refractivity contribution in [2.24, 2.45) is 5.92 Å². The third kappa shape index (κ3) is 9.93. The minimum absolute atomic E-state index is 0.143. The largest absolute Gasteiger partial charge is 0.481 e. The van der Waals surface area contributed by atoms with Gasteiger partial charge in [0, 0.05) is 68.6 Å². The molecule has 2 unspecified atom stereocenters. The van der Waals surface area contributed by atoms with Crippen molar-refractivity contribution in [1.29, 1.82) is 0 Å². The summed E-state index contributed by atoms with van der Waals surface area (Å²) in [5, 5.41) is 48.1. The number of nitrogens with zero attached hydrogens (tertiary/aromatic N) is 4. The van der Waals surface area contributed by atoms with Gasteiger partial charge in [-0.15, -0.1) is 0 Å². The van der Waals surface area contributed by atoms with E-state index in [9.17, 15) is 29.9 Å². The number of aromatic nitrogens is 3. The number of Topliss-reactive ketones (excluding diaryl/α,β-unsaturated/α-hetero) is 1. The zero-order chi connectivity index (χ0) is 28.2. The fourth-order valence-electron chi connectivity index (χ4n) is 4.28. The Morgan fingerprint density at radius 1 is 0.846 bits per heavy atom. The predicted molar refractivity (Wildman–Crippen MR) is 142 cm³/mol. The van der Waals surface area contributed by atoms with Gasteiger partial charge < -0.3 is 25.4 Å². The molecule has 3 aromatic rings. The normalized spacial score (nSPS) is 13.6. The van der Waals surface area contributed by atoms with Crippen molar-refractivity contribution in [3.63, 3.8) is 0 Å². The van der Waals surface area contributed by atoms with E-state index in [4.69, 9.17) is 5.11 Å². The van der Waals surface area contributed by atoms with E-state index in [1.165, 1.54) is 6.20 Å². The Bertz CT molecular complexity index is 1130. The van der Waals surface area contributed by atoms with Crippen LogP contribution < -0.4 is 0 Å². The number of carbonyl (C=O) groups excluding carboxylic acids is 1. The molecule has 3 rings (SSSR count). The summed E-state index contributed by atoms with van der Waals surface area (Å²) in [6.45, 7) is 1.04. The SMILES string of the molecule is O=C(O)CC(O)C(CO)C[C@H](CC(=O)c1ccc(CN(Cc2ccccn2)Cc2ccccn2)nc1)B(O)O. The number of aliphatic carboxylic acids is 1. The summed E-state index contributed by atoms with van der Waals surface area (Å²) in [5.74, 6) is -3.58. The molecule has 5 N–H and O–H groups in total. The van der Waals surface area contributed by atoms with Crippen LogP contribution in [0, 0.1) is 5.92 Å². The highest BCUT2D eigenvalue weighted by Gasteiger charge is 2.32. The van der Waals surface area contributed by atoms with Crippen LogP contribution in [0.2, 0.25) is 5.82 Å². The van der Waals surface area contributed by atoms with Crippen molar-refractivity contribution >= 4 is 18.9 Å². The van der Waals surface area contributed by atoms with Crippen molar-refractivity contribution in [2.75, 3.05) is 6.61 Å². The van der Waals surface area contributed by atoms with Gasteiger partial charge in [-0.05, 0) is 42.8 Å². The number of carbonyl (C=O) groups is 2. The summed E-state index contributed by atoms with van der Waals surface area (Å²) in [6.07, 6.45) is 2.50. The van der Waals surface area contributed by atoms with E-state index in [0.717, 1.165) is 11.4 Å². The van der Waals surface area contributed by atoms with Gasteiger partial charge in [0.25, 0.3) is 0 Å². The molecule has 3 atom stereocenters. The Labute approximate surface area is 227 Å². The summed E-state index contributed by atoms with van der Waals surface area (Å²) >= 11 is 0. The fraction of sp³-hybridized carbons (Fsp3) is 0.370. The second-order valence-electron chi connectivity index (χ2n) is 9.47. The van der Waals surface area contributed by atoms with Crippen molar-refractivity contribution < 1.29 is 35.0 Å². The van der Waals surface area contributed by atoms with Crippen molar-refractivity contribution in [3.05, 3.63) is 89.8 Å². The molecule has 3 heterocycles. The second kappa shape index (κ2) is 15.1. The van der Waals surface area contributed by atoms with Crippen molar-refractivity contribution in [3.8, 4) is 0 Å². The monoisotopic (exact) mass is 536 g/mol. The highest BCUT2D eigenvalue weighted by molar-refractivity contribution is 6.43. The third-order valence-electron chi connectivity index (χ3n) is 6.39. The lowest BCUT2D eigenvalue weighted by Crippen LogP contribution is -2.32. The Kier molecular flexibility index (Phi) is 11.7. The molecule has 12 heteroatoms. The quantitative estimate of drug-likeness (QED) is 0.132. The van der Waals surface area contributed by atoms with E-state index in [-0.39, 0.29) is 18.4 Å². The first-order valence-electron chi connectivity index (χ1n) is 12.6. The highest BCUT2D eigenvalue weighted by atomic mass is 16.4. The van der Waals surface area contributed by atoms with Crippen molar-refractivity contribution in [2.45, 2.75) is 50.8 Å². The minimum Gasteiger partial charge on any atom is -0.481 e. The van der Waals surface area contributed by atoms with Crippen LogP contribution in [0.1, 0.15) is 46.7 Å². The Morgan fingerprint density at radius 2 is 1.44 bits per heavy atom. The zero-order valence-corrected chi connectivity index (χ0v) is 21.5. The maximum atomic E-state index is 12.9. The molecule has 0 radical (unpaired) electrons. The van der Waals surface area contributed by atoms with Gasteiger partial charge in [0.15, 0.2) is 5.78 Å². The Hall–Kier alpha value is -3.55. The summed E-state index contributed by atoms with van der Waals surface area (Å²) in [4.78, 5) is 39.1. The number of hydrogen-bond donors (Lipinski definition) is 5. The van der Waals surface area contributed by atoms with Crippen LogP contribution in [0.4, 0.5) is 0 Å². The standard InChI is InChI=1S/C27H33BN4O7/c33-18-20(26(35)13-27(36)37)11-21(28(38)39)12-25(34)19-7-8-24(31-14-19)17-32(15-22-5-1-3-9-29-22)16-23-6-2-4-10-30-23/h1-10,14,20-21,26,33,35,38-39H,11-13,15-18H2,(H,36,37)/t20?,21-,26?/m1/s1. The Balaban J connectivity index is 1.66. The van der Waals surface area contributed by atoms with E-state index in [1.807, 2.05) is 36.4 Å². The molecule has 0 aliphatic heterocycles. The van der Waals surface area contributed by atoms with E-state index in [0.29, 0.717) is 25.3 Å². The maximum Gasteiger partial charge on any atom is 0.455 e. The van der Waals surface area contributed by atoms with Gasteiger partial charge in [-0.2, -0.15) is 0 Å². The molecule has 0 saturated carbocycles. The maximum absolute atomic E-state index is 12.9. The Morgan fingerprint density at radius 3 is 1.87 bits per heavy atom. The molecule has 0 spiro atoms. The molecule has 0 aromatic carbocycles. The molecule has 206 valence electrons. The van der Waals surface area contributed by atoms with Gasteiger partial charge >= 0.3 is 13.1 Å². The summed E-state index contributed by atoms with van der Waals surface area (Å²) in [5.41, 5.74) is 2.78. The van der Waals surface area contributed by atoms with Gasteiger partial charge in [0.05, 0.1) is 29.6 Å². The first kappa shape index (κ1) is 30.0. The lowest BCUT2D eigenvalue weighted by Gasteiger charge is -2.24. The molecule has 0 aliphatic carbocycles. The smallest absolute Gasteiger partial charge is 0.455 e. The van der Waals surface area contributed by atoms with Crippen LogP contribution in [0.25, 0.3) is 0 Å². The number of ketones is 1. The van der Waals surface area contributed by atoms with Crippen LogP contribution in [-0.4, -0.2) is 76.8 Å². The summed E-state index contributed by atoms with van der Waals surface area (Å²) in [6, 6.07) is 14.8. The number of pyridine rings is 3. The summed E-state index contributed by atoms with van der Waals surface area (Å²) < 4.78 is 0. The molecule has 39 heavy (non-hydrogen) atoms. The van der Waals surface area contributed by atoms with E-state index in [2.05, 4.69) is 19.9 Å². The van der Waals surface area contributed by atoms with Crippen LogP contribution in [0.3, 0.4) is 0 Å². The first-order valence-corrected chi connectivity index (χ1v) is 12.6. The van der Waals surface area contributed by atoms with Gasteiger partial charge in [-0.1, -0.05) is 12.1 Å². The number of hydrogen-bond acceptors (Lipinski definition) is 10. The van der Waals surface area contributed by atoms with E-state index < -0.39 is 49.7 Å². The average molecular weight is 536 g/mol. The average Bonchev–Trinajstić information content (AvgIpc) is 2.91. The highest BCUT2D eigenvalue weighted by Crippen LogP contribution is 2.28. The molecule has 0 saturated heterocycles. The van der Waals surface area contributed by atoms with Gasteiger partial charge in [-0.25, -0.2) is 0 Å². The minimum atomic E-state index is -1.89. The second-order valence-corrected chi connectivity index (χ2v) is 9.47.